The van der Waals surface area contributed by atoms with Crippen LogP contribution >= 0.6 is 0 Å². The second-order valence-corrected chi connectivity index (χ2v) is 9.74. The van der Waals surface area contributed by atoms with Crippen molar-refractivity contribution in [2.24, 2.45) is 0 Å². The zero-order valence-corrected chi connectivity index (χ0v) is 23.2. The van der Waals surface area contributed by atoms with Gasteiger partial charge in [-0.2, -0.15) is 0 Å². The molecule has 0 bridgehead atoms. The molecule has 1 unspecified atom stereocenters. The minimum absolute atomic E-state index is 0.0851. The molecular weight excluding hydrogens is 506 g/mol. The van der Waals surface area contributed by atoms with Crippen molar-refractivity contribution < 1.29 is 23.9 Å². The first-order chi connectivity index (χ1) is 19.4. The fourth-order valence-corrected chi connectivity index (χ4v) is 4.11. The Morgan fingerprint density at radius 2 is 1.20 bits per heavy atom. The van der Waals surface area contributed by atoms with E-state index in [1.807, 2.05) is 97.9 Å². The van der Waals surface area contributed by atoms with Crippen LogP contribution in [0.1, 0.15) is 55.7 Å². The summed E-state index contributed by atoms with van der Waals surface area (Å²) in [5.74, 6) is -0.191. The Morgan fingerprint density at radius 1 is 0.675 bits per heavy atom. The van der Waals surface area contributed by atoms with Gasteiger partial charge in [-0.3, -0.25) is 4.79 Å². The second kappa shape index (κ2) is 16.6. The third-order valence-corrected chi connectivity index (χ3v) is 6.67. The van der Waals surface area contributed by atoms with Gasteiger partial charge in [0.25, 0.3) is 0 Å². The average molecular weight is 546 g/mol. The molecule has 0 aliphatic heterocycles. The summed E-state index contributed by atoms with van der Waals surface area (Å²) in [6, 6.07) is 27.8. The van der Waals surface area contributed by atoms with Crippen molar-refractivity contribution in [3.63, 3.8) is 0 Å². The highest BCUT2D eigenvalue weighted by atomic mass is 16.6. The van der Waals surface area contributed by atoms with E-state index in [1.165, 1.54) is 0 Å². The van der Waals surface area contributed by atoms with Gasteiger partial charge in [0.05, 0.1) is 0 Å². The second-order valence-electron chi connectivity index (χ2n) is 9.74. The summed E-state index contributed by atoms with van der Waals surface area (Å²) < 4.78 is 10.6. The zero-order valence-electron chi connectivity index (χ0n) is 23.2. The molecule has 3 atom stereocenters. The quantitative estimate of drug-likeness (QED) is 0.226. The van der Waals surface area contributed by atoms with Crippen molar-refractivity contribution in [3.8, 4) is 0 Å². The lowest BCUT2D eigenvalue weighted by atomic mass is 9.94. The lowest BCUT2D eigenvalue weighted by molar-refractivity contribution is -0.124. The van der Waals surface area contributed by atoms with Crippen molar-refractivity contribution >= 4 is 18.1 Å². The van der Waals surface area contributed by atoms with Crippen molar-refractivity contribution in [1.29, 1.82) is 0 Å². The number of hydrogen-bond acceptors (Lipinski definition) is 5. The molecule has 3 rings (SSSR count). The number of carbonyl (C=O) groups is 3. The van der Waals surface area contributed by atoms with Crippen molar-refractivity contribution in [3.05, 3.63) is 108 Å². The third kappa shape index (κ3) is 10.8. The van der Waals surface area contributed by atoms with Gasteiger partial charge in [-0.05, 0) is 42.9 Å². The van der Waals surface area contributed by atoms with Crippen LogP contribution in [-0.4, -0.2) is 36.7 Å². The molecule has 0 heterocycles. The molecule has 8 nitrogen and oxygen atoms in total. The van der Waals surface area contributed by atoms with Crippen LogP contribution in [0.3, 0.4) is 0 Å². The molecule has 3 amide bonds. The maximum atomic E-state index is 13.2. The first-order valence-electron chi connectivity index (χ1n) is 13.7. The number of nitrogens with one attached hydrogen (secondary N) is 3. The molecule has 3 aromatic rings. The molecule has 212 valence electrons. The predicted octanol–water partition coefficient (Wildman–Crippen LogP) is 5.69. The highest BCUT2D eigenvalue weighted by molar-refractivity contribution is 5.85. The Balaban J connectivity index is 1.48. The van der Waals surface area contributed by atoms with Gasteiger partial charge in [-0.1, -0.05) is 97.9 Å². The largest absolute Gasteiger partial charge is 0.445 e. The predicted molar refractivity (Wildman–Crippen MR) is 154 cm³/mol. The lowest BCUT2D eigenvalue weighted by Gasteiger charge is -2.25. The number of rotatable bonds is 14. The Bertz CT molecular complexity index is 1170. The topological polar surface area (TPSA) is 106 Å². The van der Waals surface area contributed by atoms with E-state index in [4.69, 9.17) is 9.47 Å². The van der Waals surface area contributed by atoms with Crippen molar-refractivity contribution in [1.82, 2.24) is 16.0 Å². The molecule has 3 N–H and O–H groups in total. The van der Waals surface area contributed by atoms with Gasteiger partial charge >= 0.3 is 12.2 Å². The maximum Gasteiger partial charge on any atom is 0.408 e. The van der Waals surface area contributed by atoms with Gasteiger partial charge in [-0.15, -0.1) is 0 Å². The van der Waals surface area contributed by atoms with Crippen LogP contribution in [0.4, 0.5) is 9.59 Å². The highest BCUT2D eigenvalue weighted by Gasteiger charge is 2.25. The standard InChI is InChI=1S/C32H39N3O5/c1-24(28-18-10-5-11-19-28)25(2)34-30(36)29(35-32(38)40-23-27-16-8-4-9-17-27)20-12-13-21-33-31(37)39-22-26-14-6-3-7-15-26/h3-11,14-19,24-25,29H,12-13,20-23H2,1-2H3,(H,33,37)(H,34,36)(H,35,38)/t24?,25-,29-/m0/s1. The molecule has 8 heteroatoms. The number of amides is 3. The molecule has 0 saturated carbocycles. The summed E-state index contributed by atoms with van der Waals surface area (Å²) in [6.45, 7) is 4.70. The number of unbranched alkanes of at least 4 members (excludes halogenated alkanes) is 1. The first-order valence-corrected chi connectivity index (χ1v) is 13.7. The number of ether oxygens (including phenoxy) is 2. The van der Waals surface area contributed by atoms with Gasteiger partial charge in [0.15, 0.2) is 0 Å². The smallest absolute Gasteiger partial charge is 0.408 e. The third-order valence-electron chi connectivity index (χ3n) is 6.67. The van der Waals surface area contributed by atoms with E-state index >= 15 is 0 Å². The van der Waals surface area contributed by atoms with Gasteiger partial charge < -0.3 is 25.4 Å². The lowest BCUT2D eigenvalue weighted by Crippen LogP contribution is -2.50. The van der Waals surface area contributed by atoms with Crippen molar-refractivity contribution in [2.75, 3.05) is 6.54 Å². The molecule has 0 aliphatic carbocycles. The van der Waals surface area contributed by atoms with Crippen LogP contribution < -0.4 is 16.0 Å². The van der Waals surface area contributed by atoms with Gasteiger partial charge in [0.1, 0.15) is 19.3 Å². The molecule has 3 aromatic carbocycles. The Kier molecular flexibility index (Phi) is 12.5. The van der Waals surface area contributed by atoms with E-state index in [0.29, 0.717) is 25.8 Å². The monoisotopic (exact) mass is 545 g/mol. The molecule has 0 aromatic heterocycles. The van der Waals surface area contributed by atoms with E-state index in [9.17, 15) is 14.4 Å². The summed E-state index contributed by atoms with van der Waals surface area (Å²) >= 11 is 0. The van der Waals surface area contributed by atoms with Gasteiger partial charge in [0.2, 0.25) is 5.91 Å². The average Bonchev–Trinajstić information content (AvgIpc) is 2.99. The number of benzene rings is 3. The van der Waals surface area contributed by atoms with Crippen LogP contribution in [-0.2, 0) is 27.5 Å². The SMILES string of the molecule is CC(c1ccccc1)[C@H](C)NC(=O)[C@H](CCCCNC(=O)OCc1ccccc1)NC(=O)OCc1ccccc1. The minimum atomic E-state index is -0.779. The van der Waals surface area contributed by atoms with E-state index < -0.39 is 18.2 Å². The van der Waals surface area contributed by atoms with Crippen LogP contribution in [0.5, 0.6) is 0 Å². The van der Waals surface area contributed by atoms with Crippen LogP contribution in [0.25, 0.3) is 0 Å². The molecule has 0 spiro atoms. The summed E-state index contributed by atoms with van der Waals surface area (Å²) in [5.41, 5.74) is 2.88. The highest BCUT2D eigenvalue weighted by Crippen LogP contribution is 2.19. The molecule has 0 fully saturated rings. The molecule has 40 heavy (non-hydrogen) atoms. The normalized spacial score (nSPS) is 12.8. The summed E-state index contributed by atoms with van der Waals surface area (Å²) in [7, 11) is 0. The molecular formula is C32H39N3O5. The van der Waals surface area contributed by atoms with Crippen molar-refractivity contribution in [2.45, 2.75) is 64.3 Å². The number of hydrogen-bond donors (Lipinski definition) is 3. The zero-order chi connectivity index (χ0) is 28.6. The molecule has 0 saturated heterocycles. The van der Waals surface area contributed by atoms with Gasteiger partial charge in [0, 0.05) is 18.5 Å². The first kappa shape index (κ1) is 30.2. The van der Waals surface area contributed by atoms with Crippen LogP contribution in [0.15, 0.2) is 91.0 Å². The molecule has 0 aliphatic rings. The number of carbonyl (C=O) groups excluding carboxylic acids is 3. The summed E-state index contributed by atoms with van der Waals surface area (Å²) in [5, 5.41) is 8.50. The van der Waals surface area contributed by atoms with E-state index in [-0.39, 0.29) is 31.1 Å². The van der Waals surface area contributed by atoms with Crippen LogP contribution in [0.2, 0.25) is 0 Å². The maximum absolute atomic E-state index is 13.2. The minimum Gasteiger partial charge on any atom is -0.445 e. The number of alkyl carbamates (subject to hydrolysis) is 2. The Labute approximate surface area is 236 Å². The Morgan fingerprint density at radius 3 is 1.77 bits per heavy atom. The van der Waals surface area contributed by atoms with E-state index in [1.54, 1.807) is 0 Å². The van der Waals surface area contributed by atoms with E-state index in [2.05, 4.69) is 22.9 Å². The van der Waals surface area contributed by atoms with Gasteiger partial charge in [-0.25, -0.2) is 9.59 Å². The molecule has 0 radical (unpaired) electrons. The van der Waals surface area contributed by atoms with Crippen LogP contribution in [0, 0.1) is 0 Å². The summed E-state index contributed by atoms with van der Waals surface area (Å²) in [6.07, 6.45) is 0.443. The fourth-order valence-electron chi connectivity index (χ4n) is 4.11. The summed E-state index contributed by atoms with van der Waals surface area (Å²) in [4.78, 5) is 37.8. The Hall–Kier alpha value is -4.33. The van der Waals surface area contributed by atoms with E-state index in [0.717, 1.165) is 16.7 Å². The fraction of sp³-hybridized carbons (Fsp3) is 0.344.